The smallest absolute Gasteiger partial charge is 0.233 e. The molecule has 136 valence electrons. The third-order valence-corrected chi connectivity index (χ3v) is 5.04. The molecule has 0 radical (unpaired) electrons. The van der Waals surface area contributed by atoms with Gasteiger partial charge in [0, 0.05) is 22.7 Å². The third kappa shape index (κ3) is 4.59. The number of halogens is 2. The maximum Gasteiger partial charge on any atom is 0.233 e. The van der Waals surface area contributed by atoms with E-state index < -0.39 is 0 Å². The first kappa shape index (κ1) is 19.9. The standard InChI is InChI=1S/C16H21Cl2N5OS/c1-9(2)22(10(3)4)14(24)8-25-16-21-20-15(23(16)19)12-6-5-11(17)7-13(12)18/h5-7,9-10H,8,19H2,1-4H3. The SMILES string of the molecule is CC(C)N(C(=O)CSc1nnc(-c2ccc(Cl)cc2Cl)n1N)C(C)C. The number of rotatable bonds is 6. The molecule has 0 atom stereocenters. The molecule has 0 spiro atoms. The highest BCUT2D eigenvalue weighted by atomic mass is 35.5. The van der Waals surface area contributed by atoms with E-state index in [9.17, 15) is 4.79 Å². The van der Waals surface area contributed by atoms with Gasteiger partial charge >= 0.3 is 0 Å². The fourth-order valence-electron chi connectivity index (χ4n) is 2.60. The van der Waals surface area contributed by atoms with E-state index in [-0.39, 0.29) is 23.7 Å². The number of hydrogen-bond acceptors (Lipinski definition) is 5. The van der Waals surface area contributed by atoms with Crippen molar-refractivity contribution < 1.29 is 4.79 Å². The van der Waals surface area contributed by atoms with Gasteiger partial charge in [0.05, 0.1) is 10.8 Å². The maximum atomic E-state index is 12.5. The summed E-state index contributed by atoms with van der Waals surface area (Å²) in [6, 6.07) is 5.32. The van der Waals surface area contributed by atoms with E-state index in [4.69, 9.17) is 29.0 Å². The summed E-state index contributed by atoms with van der Waals surface area (Å²) in [4.78, 5) is 14.3. The van der Waals surface area contributed by atoms with Gasteiger partial charge in [0.25, 0.3) is 0 Å². The molecule has 0 aliphatic heterocycles. The molecule has 0 saturated heterocycles. The van der Waals surface area contributed by atoms with E-state index in [1.807, 2.05) is 32.6 Å². The Morgan fingerprint density at radius 3 is 2.44 bits per heavy atom. The zero-order valence-electron chi connectivity index (χ0n) is 14.5. The van der Waals surface area contributed by atoms with Gasteiger partial charge in [0.1, 0.15) is 0 Å². The minimum atomic E-state index is 0.0316. The van der Waals surface area contributed by atoms with E-state index >= 15 is 0 Å². The Kier molecular flexibility index (Phi) is 6.59. The number of carbonyl (C=O) groups excluding carboxylic acids is 1. The van der Waals surface area contributed by atoms with Crippen LogP contribution in [0, 0.1) is 0 Å². The van der Waals surface area contributed by atoms with Crippen LogP contribution in [0.2, 0.25) is 10.0 Å². The average Bonchev–Trinajstić information content (AvgIpc) is 2.85. The monoisotopic (exact) mass is 401 g/mol. The number of carbonyl (C=O) groups is 1. The summed E-state index contributed by atoms with van der Waals surface area (Å²) in [5, 5.41) is 9.56. The van der Waals surface area contributed by atoms with Gasteiger partial charge in [-0.25, -0.2) is 4.68 Å². The number of nitrogen functional groups attached to an aromatic ring is 1. The molecule has 1 heterocycles. The molecule has 1 aromatic carbocycles. The molecule has 0 bridgehead atoms. The molecule has 0 aliphatic rings. The van der Waals surface area contributed by atoms with Crippen molar-refractivity contribution in [2.24, 2.45) is 0 Å². The highest BCUT2D eigenvalue weighted by molar-refractivity contribution is 7.99. The van der Waals surface area contributed by atoms with Gasteiger partial charge in [-0.1, -0.05) is 35.0 Å². The molecule has 2 N–H and O–H groups in total. The van der Waals surface area contributed by atoms with Crippen molar-refractivity contribution in [2.45, 2.75) is 44.9 Å². The first-order valence-electron chi connectivity index (χ1n) is 7.82. The Bertz CT molecular complexity index is 755. The molecule has 1 aromatic heterocycles. The summed E-state index contributed by atoms with van der Waals surface area (Å²) in [5.41, 5.74) is 0.630. The second-order valence-electron chi connectivity index (χ2n) is 6.08. The number of amides is 1. The molecule has 1 amide bonds. The number of aromatic nitrogens is 3. The summed E-state index contributed by atoms with van der Waals surface area (Å²) in [7, 11) is 0. The quantitative estimate of drug-likeness (QED) is 0.589. The van der Waals surface area contributed by atoms with E-state index in [0.717, 1.165) is 0 Å². The normalized spacial score (nSPS) is 11.4. The second kappa shape index (κ2) is 8.29. The minimum Gasteiger partial charge on any atom is -0.337 e. The minimum absolute atomic E-state index is 0.0316. The lowest BCUT2D eigenvalue weighted by molar-refractivity contribution is -0.131. The number of thioether (sulfide) groups is 1. The van der Waals surface area contributed by atoms with Gasteiger partial charge in [-0.05, 0) is 45.9 Å². The van der Waals surface area contributed by atoms with Crippen molar-refractivity contribution in [1.82, 2.24) is 19.8 Å². The molecule has 0 aliphatic carbocycles. The number of benzene rings is 1. The van der Waals surface area contributed by atoms with Crippen LogP contribution >= 0.6 is 35.0 Å². The summed E-state index contributed by atoms with van der Waals surface area (Å²) < 4.78 is 1.34. The number of nitrogens with zero attached hydrogens (tertiary/aromatic N) is 4. The highest BCUT2D eigenvalue weighted by Gasteiger charge is 2.22. The van der Waals surface area contributed by atoms with Crippen LogP contribution in [0.25, 0.3) is 11.4 Å². The van der Waals surface area contributed by atoms with Crippen LogP contribution in [0.4, 0.5) is 0 Å². The largest absolute Gasteiger partial charge is 0.337 e. The van der Waals surface area contributed by atoms with Crippen LogP contribution in [0.3, 0.4) is 0 Å². The van der Waals surface area contributed by atoms with Crippen molar-refractivity contribution in [2.75, 3.05) is 11.6 Å². The van der Waals surface area contributed by atoms with Crippen LogP contribution in [0.5, 0.6) is 0 Å². The van der Waals surface area contributed by atoms with Crippen LogP contribution in [0.15, 0.2) is 23.4 Å². The van der Waals surface area contributed by atoms with E-state index in [2.05, 4.69) is 10.2 Å². The van der Waals surface area contributed by atoms with Gasteiger partial charge in [-0.3, -0.25) is 4.79 Å². The molecule has 2 aromatic rings. The number of nitrogens with two attached hydrogens (primary N) is 1. The first-order chi connectivity index (χ1) is 11.7. The summed E-state index contributed by atoms with van der Waals surface area (Å²) in [5.74, 6) is 6.76. The Hall–Kier alpha value is -1.44. The molecule has 0 fully saturated rings. The van der Waals surface area contributed by atoms with Crippen molar-refractivity contribution in [3.63, 3.8) is 0 Å². The van der Waals surface area contributed by atoms with Gasteiger partial charge in [-0.2, -0.15) is 0 Å². The van der Waals surface area contributed by atoms with Gasteiger partial charge in [0.15, 0.2) is 5.82 Å². The van der Waals surface area contributed by atoms with E-state index in [1.165, 1.54) is 16.4 Å². The molecule has 2 rings (SSSR count). The zero-order valence-corrected chi connectivity index (χ0v) is 16.9. The first-order valence-corrected chi connectivity index (χ1v) is 9.56. The van der Waals surface area contributed by atoms with Crippen molar-refractivity contribution in [3.8, 4) is 11.4 Å². The summed E-state index contributed by atoms with van der Waals surface area (Å²) in [6.07, 6.45) is 0. The van der Waals surface area contributed by atoms with Gasteiger partial charge < -0.3 is 10.7 Å². The highest BCUT2D eigenvalue weighted by Crippen LogP contribution is 2.30. The lowest BCUT2D eigenvalue weighted by Gasteiger charge is -2.30. The van der Waals surface area contributed by atoms with Crippen molar-refractivity contribution in [1.29, 1.82) is 0 Å². The Labute approximate surface area is 161 Å². The molecule has 6 nitrogen and oxygen atoms in total. The molecule has 0 saturated carbocycles. The Balaban J connectivity index is 2.15. The second-order valence-corrected chi connectivity index (χ2v) is 7.86. The molecule has 0 unspecified atom stereocenters. The van der Waals surface area contributed by atoms with Crippen LogP contribution in [-0.4, -0.2) is 43.5 Å². The van der Waals surface area contributed by atoms with Crippen molar-refractivity contribution in [3.05, 3.63) is 28.2 Å². The predicted octanol–water partition coefficient (Wildman–Crippen LogP) is 3.70. The molecule has 9 heteroatoms. The maximum absolute atomic E-state index is 12.5. The zero-order chi connectivity index (χ0) is 18.7. The van der Waals surface area contributed by atoms with E-state index in [1.54, 1.807) is 18.2 Å². The Morgan fingerprint density at radius 2 is 1.88 bits per heavy atom. The van der Waals surface area contributed by atoms with Crippen LogP contribution in [-0.2, 0) is 4.79 Å². The van der Waals surface area contributed by atoms with Crippen LogP contribution in [0.1, 0.15) is 27.7 Å². The van der Waals surface area contributed by atoms with Gasteiger partial charge in [-0.15, -0.1) is 10.2 Å². The van der Waals surface area contributed by atoms with Gasteiger partial charge in [0.2, 0.25) is 11.1 Å². The fraction of sp³-hybridized carbons (Fsp3) is 0.438. The Morgan fingerprint density at radius 1 is 1.24 bits per heavy atom. The summed E-state index contributed by atoms with van der Waals surface area (Å²) >= 11 is 13.4. The topological polar surface area (TPSA) is 77.0 Å². The average molecular weight is 402 g/mol. The fourth-order valence-corrected chi connectivity index (χ4v) is 3.82. The predicted molar refractivity (Wildman–Crippen MR) is 103 cm³/mol. The third-order valence-electron chi connectivity index (χ3n) is 3.56. The molecular weight excluding hydrogens is 381 g/mol. The lowest BCUT2D eigenvalue weighted by Crippen LogP contribution is -2.43. The summed E-state index contributed by atoms with van der Waals surface area (Å²) in [6.45, 7) is 7.98. The van der Waals surface area contributed by atoms with Crippen LogP contribution < -0.4 is 5.84 Å². The molecular formula is C16H21Cl2N5OS. The van der Waals surface area contributed by atoms with E-state index in [0.29, 0.717) is 26.6 Å². The molecule has 25 heavy (non-hydrogen) atoms. The van der Waals surface area contributed by atoms with Crippen molar-refractivity contribution >= 4 is 40.9 Å². The lowest BCUT2D eigenvalue weighted by atomic mass is 10.2. The number of hydrogen-bond donors (Lipinski definition) is 1.